The van der Waals surface area contributed by atoms with Crippen LogP contribution in [-0.4, -0.2) is 32.1 Å². The number of nitrogens with one attached hydrogen (secondary N) is 2. The van der Waals surface area contributed by atoms with Crippen LogP contribution in [-0.2, 0) is 0 Å². The van der Waals surface area contributed by atoms with Crippen molar-refractivity contribution in [3.8, 4) is 0 Å². The summed E-state index contributed by atoms with van der Waals surface area (Å²) in [5.74, 6) is 0.642. The standard InChI is InChI=1S/C14H25N5O/c20-19-13-10-8-6-4-2-1-3-5-7-9-12(13)17-14-15-11-16-18-14/h11-12,20H,1-10H2,(H2,15,16,17,18). The molecule has 0 radical (unpaired) electrons. The van der Waals surface area contributed by atoms with Crippen LogP contribution >= 0.6 is 0 Å². The Bertz CT molecular complexity index is 390. The van der Waals surface area contributed by atoms with Gasteiger partial charge in [-0.05, 0) is 19.3 Å². The summed E-state index contributed by atoms with van der Waals surface area (Å²) < 4.78 is 0. The van der Waals surface area contributed by atoms with Crippen LogP contribution in [0.4, 0.5) is 5.95 Å². The summed E-state index contributed by atoms with van der Waals surface area (Å²) >= 11 is 0. The van der Waals surface area contributed by atoms with Gasteiger partial charge in [-0.25, -0.2) is 10.1 Å². The van der Waals surface area contributed by atoms with Crippen molar-refractivity contribution in [2.45, 2.75) is 70.3 Å². The fourth-order valence-corrected chi connectivity index (χ4v) is 2.77. The lowest BCUT2D eigenvalue weighted by atomic mass is 9.96. The van der Waals surface area contributed by atoms with Crippen LogP contribution in [0.2, 0.25) is 0 Å². The van der Waals surface area contributed by atoms with Crippen LogP contribution in [0.15, 0.2) is 11.5 Å². The highest BCUT2D eigenvalue weighted by Gasteiger charge is 2.17. The summed E-state index contributed by atoms with van der Waals surface area (Å²) in [4.78, 5) is 4.09. The SMILES string of the molecule is ON=C1CCCCCCCCCCC1Nc1ncn[nH]1. The van der Waals surface area contributed by atoms with Gasteiger partial charge in [-0.2, -0.15) is 5.10 Å². The zero-order valence-electron chi connectivity index (χ0n) is 12.0. The molecule has 0 saturated heterocycles. The van der Waals surface area contributed by atoms with Gasteiger partial charge in [0.25, 0.3) is 0 Å². The fourth-order valence-electron chi connectivity index (χ4n) is 2.77. The van der Waals surface area contributed by atoms with Crippen LogP contribution in [0.5, 0.6) is 0 Å². The third-order valence-electron chi connectivity index (χ3n) is 3.93. The lowest BCUT2D eigenvalue weighted by molar-refractivity contribution is 0.314. The van der Waals surface area contributed by atoms with Gasteiger partial charge in [0.2, 0.25) is 5.95 Å². The molecule has 0 bridgehead atoms. The molecule has 1 aliphatic rings. The predicted molar refractivity (Wildman–Crippen MR) is 79.2 cm³/mol. The highest BCUT2D eigenvalue weighted by atomic mass is 16.4. The molecule has 112 valence electrons. The van der Waals surface area contributed by atoms with Gasteiger partial charge in [0, 0.05) is 0 Å². The number of H-pyrrole nitrogens is 1. The van der Waals surface area contributed by atoms with Gasteiger partial charge in [0.05, 0.1) is 11.8 Å². The maximum Gasteiger partial charge on any atom is 0.218 e. The first-order chi connectivity index (χ1) is 9.90. The molecular weight excluding hydrogens is 254 g/mol. The molecule has 1 aliphatic carbocycles. The van der Waals surface area contributed by atoms with E-state index >= 15 is 0 Å². The molecule has 20 heavy (non-hydrogen) atoms. The molecule has 1 unspecified atom stereocenters. The number of hydrogen-bond donors (Lipinski definition) is 3. The van der Waals surface area contributed by atoms with E-state index in [1.165, 1.54) is 44.9 Å². The van der Waals surface area contributed by atoms with Crippen LogP contribution in [0.25, 0.3) is 0 Å². The second-order valence-electron chi connectivity index (χ2n) is 5.49. The van der Waals surface area contributed by atoms with Crippen molar-refractivity contribution in [3.05, 3.63) is 6.33 Å². The molecule has 3 N–H and O–H groups in total. The van der Waals surface area contributed by atoms with E-state index < -0.39 is 0 Å². The first-order valence-electron chi connectivity index (χ1n) is 7.73. The van der Waals surface area contributed by atoms with Crippen molar-refractivity contribution in [3.63, 3.8) is 0 Å². The zero-order valence-corrected chi connectivity index (χ0v) is 12.0. The summed E-state index contributed by atoms with van der Waals surface area (Å²) in [5, 5.41) is 22.8. The second-order valence-corrected chi connectivity index (χ2v) is 5.49. The Hall–Kier alpha value is -1.59. The maximum atomic E-state index is 9.30. The third kappa shape index (κ3) is 4.83. The van der Waals surface area contributed by atoms with Crippen LogP contribution in [0.3, 0.4) is 0 Å². The third-order valence-corrected chi connectivity index (χ3v) is 3.93. The van der Waals surface area contributed by atoms with Crippen LogP contribution in [0.1, 0.15) is 64.2 Å². The molecule has 0 aliphatic heterocycles. The van der Waals surface area contributed by atoms with E-state index in [4.69, 9.17) is 0 Å². The molecule has 1 fully saturated rings. The average Bonchev–Trinajstić information content (AvgIpc) is 2.95. The summed E-state index contributed by atoms with van der Waals surface area (Å²) in [6.07, 6.45) is 13.3. The number of aromatic amines is 1. The Morgan fingerprint density at radius 2 is 1.80 bits per heavy atom. The van der Waals surface area contributed by atoms with Gasteiger partial charge in [-0.15, -0.1) is 0 Å². The smallest absolute Gasteiger partial charge is 0.218 e. The van der Waals surface area contributed by atoms with Crippen molar-refractivity contribution < 1.29 is 5.21 Å². The Morgan fingerprint density at radius 3 is 2.45 bits per heavy atom. The quantitative estimate of drug-likeness (QED) is 0.572. The highest BCUT2D eigenvalue weighted by Crippen LogP contribution is 2.17. The minimum atomic E-state index is 0.0485. The number of anilines is 1. The van der Waals surface area contributed by atoms with Gasteiger partial charge in [0.1, 0.15) is 6.33 Å². The van der Waals surface area contributed by atoms with E-state index in [2.05, 4.69) is 25.7 Å². The maximum absolute atomic E-state index is 9.30. The minimum Gasteiger partial charge on any atom is -0.411 e. The van der Waals surface area contributed by atoms with Crippen LogP contribution < -0.4 is 5.32 Å². The van der Waals surface area contributed by atoms with E-state index in [1.807, 2.05) is 0 Å². The summed E-state index contributed by atoms with van der Waals surface area (Å²) in [6, 6.07) is 0.0485. The number of oxime groups is 1. The number of aromatic nitrogens is 3. The predicted octanol–water partition coefficient (Wildman–Crippen LogP) is 3.33. The zero-order chi connectivity index (χ0) is 14.0. The number of rotatable bonds is 2. The molecule has 0 spiro atoms. The molecule has 1 aromatic heterocycles. The summed E-state index contributed by atoms with van der Waals surface area (Å²) in [7, 11) is 0. The van der Waals surface area contributed by atoms with Crippen molar-refractivity contribution >= 4 is 11.7 Å². The van der Waals surface area contributed by atoms with Gasteiger partial charge < -0.3 is 10.5 Å². The second kappa shape index (κ2) is 8.55. The van der Waals surface area contributed by atoms with E-state index in [9.17, 15) is 5.21 Å². The molecular formula is C14H25N5O. The van der Waals surface area contributed by atoms with Crippen molar-refractivity contribution in [2.75, 3.05) is 5.32 Å². The van der Waals surface area contributed by atoms with Crippen LogP contribution in [0, 0.1) is 0 Å². The molecule has 1 aromatic rings. The Morgan fingerprint density at radius 1 is 1.10 bits per heavy atom. The highest BCUT2D eigenvalue weighted by molar-refractivity contribution is 5.91. The minimum absolute atomic E-state index is 0.0485. The first-order valence-corrected chi connectivity index (χ1v) is 7.73. The largest absolute Gasteiger partial charge is 0.411 e. The summed E-state index contributed by atoms with van der Waals surface area (Å²) in [5.41, 5.74) is 0.835. The Kier molecular flexibility index (Phi) is 6.34. The lowest BCUT2D eigenvalue weighted by Gasteiger charge is -2.20. The van der Waals surface area contributed by atoms with Gasteiger partial charge in [0.15, 0.2) is 0 Å². The summed E-state index contributed by atoms with van der Waals surface area (Å²) in [6.45, 7) is 0. The molecule has 1 heterocycles. The molecule has 2 rings (SSSR count). The van der Waals surface area contributed by atoms with Gasteiger partial charge in [-0.3, -0.25) is 0 Å². The molecule has 1 atom stereocenters. The van der Waals surface area contributed by atoms with E-state index in [1.54, 1.807) is 0 Å². The molecule has 6 heteroatoms. The van der Waals surface area contributed by atoms with E-state index in [0.717, 1.165) is 31.4 Å². The molecule has 1 saturated carbocycles. The monoisotopic (exact) mass is 279 g/mol. The first kappa shape index (κ1) is 14.8. The van der Waals surface area contributed by atoms with Gasteiger partial charge in [-0.1, -0.05) is 50.1 Å². The average molecular weight is 279 g/mol. The topological polar surface area (TPSA) is 86.2 Å². The molecule has 0 aromatic carbocycles. The number of nitrogens with zero attached hydrogens (tertiary/aromatic N) is 3. The Labute approximate surface area is 120 Å². The van der Waals surface area contributed by atoms with E-state index in [-0.39, 0.29) is 6.04 Å². The Balaban J connectivity index is 1.97. The van der Waals surface area contributed by atoms with Gasteiger partial charge >= 0.3 is 0 Å². The van der Waals surface area contributed by atoms with Crippen molar-refractivity contribution in [2.24, 2.45) is 5.16 Å². The molecule has 0 amide bonds. The molecule has 6 nitrogen and oxygen atoms in total. The van der Waals surface area contributed by atoms with E-state index in [0.29, 0.717) is 5.95 Å². The van der Waals surface area contributed by atoms with Crippen molar-refractivity contribution in [1.82, 2.24) is 15.2 Å². The lowest BCUT2D eigenvalue weighted by Crippen LogP contribution is -2.30. The van der Waals surface area contributed by atoms with Crippen molar-refractivity contribution in [1.29, 1.82) is 0 Å². The fraction of sp³-hybridized carbons (Fsp3) is 0.786. The normalized spacial score (nSPS) is 24.8. The number of hydrogen-bond acceptors (Lipinski definition) is 5.